The van der Waals surface area contributed by atoms with Gasteiger partial charge in [-0.2, -0.15) is 0 Å². The lowest BCUT2D eigenvalue weighted by molar-refractivity contribution is 0.0527. The van der Waals surface area contributed by atoms with Crippen molar-refractivity contribution in [1.29, 1.82) is 0 Å². The average molecular weight is 446 g/mol. The minimum atomic E-state index is -0.716. The zero-order valence-corrected chi connectivity index (χ0v) is 17.5. The zero-order valence-electron chi connectivity index (χ0n) is 16.7. The smallest absolute Gasteiger partial charge is 0.341 e. The fourth-order valence-electron chi connectivity index (χ4n) is 2.71. The second-order valence-corrected chi connectivity index (χ2v) is 7.33. The average Bonchev–Trinajstić information content (AvgIpc) is 3.32. The van der Waals surface area contributed by atoms with E-state index in [4.69, 9.17) is 19.6 Å². The second kappa shape index (κ2) is 9.43. The maximum atomic E-state index is 12.9. The highest BCUT2D eigenvalue weighted by molar-refractivity contribution is 7.18. The van der Waals surface area contributed by atoms with E-state index in [0.29, 0.717) is 17.1 Å². The van der Waals surface area contributed by atoms with Crippen molar-refractivity contribution in [3.05, 3.63) is 69.7 Å². The molecule has 0 radical (unpaired) electrons. The Hall–Kier alpha value is -3.66. The van der Waals surface area contributed by atoms with Gasteiger partial charge in [0, 0.05) is 0 Å². The van der Waals surface area contributed by atoms with Crippen LogP contribution in [0.5, 0.6) is 5.75 Å². The molecule has 0 saturated carbocycles. The number of hydrogen-bond donors (Lipinski definition) is 2. The predicted molar refractivity (Wildman–Crippen MR) is 111 cm³/mol. The highest BCUT2D eigenvalue weighted by atomic mass is 32.1. The van der Waals surface area contributed by atoms with Crippen molar-refractivity contribution in [2.75, 3.05) is 11.9 Å². The molecular weight excluding hydrogens is 427 g/mol. The van der Waals surface area contributed by atoms with Crippen LogP contribution in [-0.4, -0.2) is 24.4 Å². The van der Waals surface area contributed by atoms with Crippen LogP contribution in [0.1, 0.15) is 48.8 Å². The van der Waals surface area contributed by atoms with Gasteiger partial charge < -0.3 is 24.9 Å². The Labute approximate surface area is 180 Å². The van der Waals surface area contributed by atoms with Crippen molar-refractivity contribution in [3.8, 4) is 5.75 Å². The Balaban J connectivity index is 1.74. The molecule has 0 saturated heterocycles. The zero-order chi connectivity index (χ0) is 22.5. The molecule has 3 N–H and O–H groups in total. The van der Waals surface area contributed by atoms with Crippen molar-refractivity contribution in [2.24, 2.45) is 5.73 Å². The van der Waals surface area contributed by atoms with E-state index < -0.39 is 17.8 Å². The number of nitrogens with two attached hydrogens (primary N) is 1. The molecule has 0 atom stereocenters. The van der Waals surface area contributed by atoms with Crippen LogP contribution in [0.15, 0.2) is 40.8 Å². The molecule has 0 spiro atoms. The molecule has 3 aromatic rings. The number of anilines is 1. The van der Waals surface area contributed by atoms with E-state index in [-0.39, 0.29) is 40.2 Å². The number of primary amides is 1. The van der Waals surface area contributed by atoms with Gasteiger partial charge in [-0.15, -0.1) is 11.3 Å². The van der Waals surface area contributed by atoms with Gasteiger partial charge in [0.05, 0.1) is 17.0 Å². The largest absolute Gasteiger partial charge is 0.486 e. The summed E-state index contributed by atoms with van der Waals surface area (Å²) in [6.45, 7) is 3.35. The lowest BCUT2D eigenvalue weighted by Gasteiger charge is -2.06. The predicted octanol–water partition coefficient (Wildman–Crippen LogP) is 3.90. The van der Waals surface area contributed by atoms with Crippen LogP contribution in [0, 0.1) is 12.7 Å². The Morgan fingerprint density at radius 3 is 2.52 bits per heavy atom. The number of ether oxygens (including phenoxy) is 2. The highest BCUT2D eigenvalue weighted by Gasteiger charge is 2.26. The topological polar surface area (TPSA) is 121 Å². The summed E-state index contributed by atoms with van der Waals surface area (Å²) in [5.74, 6) is -1.63. The first-order valence-corrected chi connectivity index (χ1v) is 10.0. The van der Waals surface area contributed by atoms with Crippen LogP contribution in [0.2, 0.25) is 0 Å². The number of furan rings is 1. The maximum absolute atomic E-state index is 12.9. The Morgan fingerprint density at radius 1 is 1.16 bits per heavy atom. The molecule has 0 aliphatic rings. The summed E-state index contributed by atoms with van der Waals surface area (Å²) in [5, 5.41) is 2.70. The van der Waals surface area contributed by atoms with Gasteiger partial charge in [0.1, 0.15) is 28.9 Å². The van der Waals surface area contributed by atoms with E-state index in [1.807, 2.05) is 0 Å². The molecule has 8 nitrogen and oxygen atoms in total. The molecule has 3 rings (SSSR count). The summed E-state index contributed by atoms with van der Waals surface area (Å²) in [7, 11) is 0. The van der Waals surface area contributed by atoms with E-state index in [0.717, 1.165) is 11.3 Å². The number of esters is 1. The Morgan fingerprint density at radius 2 is 1.87 bits per heavy atom. The normalized spacial score (nSPS) is 10.5. The summed E-state index contributed by atoms with van der Waals surface area (Å²) >= 11 is 0.883. The molecule has 0 aliphatic carbocycles. The van der Waals surface area contributed by atoms with Gasteiger partial charge in [-0.3, -0.25) is 9.59 Å². The van der Waals surface area contributed by atoms with Crippen LogP contribution >= 0.6 is 11.3 Å². The van der Waals surface area contributed by atoms with Gasteiger partial charge >= 0.3 is 5.97 Å². The third-order valence-electron chi connectivity index (χ3n) is 4.16. The molecule has 2 aromatic heterocycles. The number of halogens is 1. The fourth-order valence-corrected chi connectivity index (χ4v) is 3.76. The van der Waals surface area contributed by atoms with Gasteiger partial charge in [0.2, 0.25) is 0 Å². The van der Waals surface area contributed by atoms with Gasteiger partial charge in [0.25, 0.3) is 11.8 Å². The quantitative estimate of drug-likeness (QED) is 0.506. The number of rotatable bonds is 8. The fraction of sp³-hybridized carbons (Fsp3) is 0.190. The number of carbonyl (C=O) groups excluding carboxylic acids is 3. The highest BCUT2D eigenvalue weighted by Crippen LogP contribution is 2.34. The number of thiophene rings is 1. The molecular formula is C21H19FN2O6S. The molecule has 0 bridgehead atoms. The summed E-state index contributed by atoms with van der Waals surface area (Å²) in [6.07, 6.45) is 0. The van der Waals surface area contributed by atoms with Gasteiger partial charge in [0.15, 0.2) is 5.76 Å². The SMILES string of the molecule is CCOC(=O)c1c(NC(=O)c2ccc(COc3ccc(F)cc3)o2)sc(C(N)=O)c1C. The summed E-state index contributed by atoms with van der Waals surface area (Å²) < 4.78 is 28.9. The van der Waals surface area contributed by atoms with Crippen molar-refractivity contribution >= 4 is 34.1 Å². The summed E-state index contributed by atoms with van der Waals surface area (Å²) in [6, 6.07) is 8.47. The lowest BCUT2D eigenvalue weighted by atomic mass is 10.1. The van der Waals surface area contributed by atoms with E-state index in [9.17, 15) is 18.8 Å². The summed E-state index contributed by atoms with van der Waals surface area (Å²) in [4.78, 5) is 36.7. The maximum Gasteiger partial charge on any atom is 0.341 e. The van der Waals surface area contributed by atoms with E-state index in [2.05, 4.69) is 5.32 Å². The van der Waals surface area contributed by atoms with Crippen LogP contribution in [0.4, 0.5) is 9.39 Å². The first-order chi connectivity index (χ1) is 14.8. The summed E-state index contributed by atoms with van der Waals surface area (Å²) in [5.41, 5.74) is 5.76. The molecule has 0 aliphatic heterocycles. The number of hydrogen-bond acceptors (Lipinski definition) is 7. The second-order valence-electron chi connectivity index (χ2n) is 6.31. The number of benzene rings is 1. The minimum absolute atomic E-state index is 0.0247. The van der Waals surface area contributed by atoms with Crippen molar-refractivity contribution in [1.82, 2.24) is 0 Å². The van der Waals surface area contributed by atoms with Gasteiger partial charge in [-0.1, -0.05) is 0 Å². The first-order valence-electron chi connectivity index (χ1n) is 9.18. The van der Waals surface area contributed by atoms with Crippen molar-refractivity contribution in [3.63, 3.8) is 0 Å². The van der Waals surface area contributed by atoms with Crippen LogP contribution in [0.3, 0.4) is 0 Å². The minimum Gasteiger partial charge on any atom is -0.486 e. The lowest BCUT2D eigenvalue weighted by Crippen LogP contribution is -2.14. The monoisotopic (exact) mass is 446 g/mol. The van der Waals surface area contributed by atoms with E-state index >= 15 is 0 Å². The first kappa shape index (κ1) is 22.0. The molecule has 31 heavy (non-hydrogen) atoms. The molecule has 2 heterocycles. The van der Waals surface area contributed by atoms with E-state index in [1.54, 1.807) is 19.9 Å². The van der Waals surface area contributed by atoms with Crippen LogP contribution in [0.25, 0.3) is 0 Å². The third kappa shape index (κ3) is 5.10. The van der Waals surface area contributed by atoms with E-state index in [1.165, 1.54) is 30.3 Å². The number of nitrogens with one attached hydrogen (secondary N) is 1. The number of carbonyl (C=O) groups is 3. The Bertz CT molecular complexity index is 1120. The van der Waals surface area contributed by atoms with Gasteiger partial charge in [-0.05, 0) is 55.8 Å². The molecule has 1 aromatic carbocycles. The van der Waals surface area contributed by atoms with Crippen molar-refractivity contribution < 1.29 is 32.7 Å². The molecule has 0 unspecified atom stereocenters. The molecule has 162 valence electrons. The molecule has 10 heteroatoms. The van der Waals surface area contributed by atoms with Crippen molar-refractivity contribution in [2.45, 2.75) is 20.5 Å². The molecule has 2 amide bonds. The Kier molecular flexibility index (Phi) is 6.71. The number of amides is 2. The van der Waals surface area contributed by atoms with Gasteiger partial charge in [-0.25, -0.2) is 9.18 Å². The van der Waals surface area contributed by atoms with Crippen LogP contribution in [-0.2, 0) is 11.3 Å². The third-order valence-corrected chi connectivity index (χ3v) is 5.38. The molecule has 0 fully saturated rings. The van der Waals surface area contributed by atoms with Crippen LogP contribution < -0.4 is 15.8 Å². The standard InChI is InChI=1S/C21H19FN2O6S/c1-3-28-21(27)16-11(2)17(18(23)25)31-20(16)24-19(26)15-9-8-14(30-15)10-29-13-6-4-12(22)5-7-13/h4-9H,3,10H2,1-2H3,(H2,23,25)(H,24,26).